The number of thioether (sulfide) groups is 1. The minimum atomic E-state index is -0.124. The first-order valence-corrected chi connectivity index (χ1v) is 7.98. The molecule has 0 saturated carbocycles. The van der Waals surface area contributed by atoms with Gasteiger partial charge in [-0.25, -0.2) is 0 Å². The molecule has 7 nitrogen and oxygen atoms in total. The number of aryl methyl sites for hydroxylation is 1. The molecule has 23 heavy (non-hydrogen) atoms. The van der Waals surface area contributed by atoms with Crippen LogP contribution in [0.15, 0.2) is 18.3 Å². The SMILES string of the molecule is COc1cc([C@@H]2SCC(=O)Nc3c2cnn3C)cc(OC)c1O. The Labute approximate surface area is 137 Å². The van der Waals surface area contributed by atoms with E-state index in [1.807, 2.05) is 0 Å². The molecule has 0 spiro atoms. The van der Waals surface area contributed by atoms with Crippen LogP contribution in [0, 0.1) is 0 Å². The molecule has 0 radical (unpaired) electrons. The predicted octanol–water partition coefficient (Wildman–Crippen LogP) is 1.92. The molecule has 2 heterocycles. The number of nitrogens with zero attached hydrogens (tertiary/aromatic N) is 2. The number of aromatic hydroxyl groups is 1. The lowest BCUT2D eigenvalue weighted by Gasteiger charge is -2.17. The molecule has 0 saturated heterocycles. The van der Waals surface area contributed by atoms with E-state index in [1.165, 1.54) is 26.0 Å². The maximum absolute atomic E-state index is 11.9. The van der Waals surface area contributed by atoms with Crippen molar-refractivity contribution in [3.63, 3.8) is 0 Å². The highest BCUT2D eigenvalue weighted by atomic mass is 32.2. The monoisotopic (exact) mass is 335 g/mol. The first-order chi connectivity index (χ1) is 11.0. The molecule has 0 aliphatic carbocycles. The zero-order chi connectivity index (χ0) is 16.6. The average Bonchev–Trinajstić information content (AvgIpc) is 2.80. The normalized spacial score (nSPS) is 17.2. The molecule has 1 aliphatic heterocycles. The van der Waals surface area contributed by atoms with E-state index < -0.39 is 0 Å². The third-order valence-electron chi connectivity index (χ3n) is 3.69. The van der Waals surface area contributed by atoms with E-state index in [0.29, 0.717) is 23.1 Å². The van der Waals surface area contributed by atoms with E-state index in [9.17, 15) is 9.90 Å². The molecule has 1 aromatic carbocycles. The fourth-order valence-corrected chi connectivity index (χ4v) is 3.63. The number of anilines is 1. The minimum absolute atomic E-state index is 0.0435. The van der Waals surface area contributed by atoms with Crippen LogP contribution in [-0.2, 0) is 11.8 Å². The molecule has 1 aromatic heterocycles. The Kier molecular flexibility index (Phi) is 4.08. The van der Waals surface area contributed by atoms with Gasteiger partial charge >= 0.3 is 0 Å². The van der Waals surface area contributed by atoms with Crippen molar-refractivity contribution in [2.24, 2.45) is 7.05 Å². The summed E-state index contributed by atoms with van der Waals surface area (Å²) in [7, 11) is 4.75. The molecule has 8 heteroatoms. The van der Waals surface area contributed by atoms with Crippen molar-refractivity contribution < 1.29 is 19.4 Å². The van der Waals surface area contributed by atoms with Gasteiger partial charge < -0.3 is 19.9 Å². The van der Waals surface area contributed by atoms with Crippen LogP contribution >= 0.6 is 11.8 Å². The van der Waals surface area contributed by atoms with Crippen molar-refractivity contribution in [3.05, 3.63) is 29.5 Å². The third kappa shape index (κ3) is 2.70. The molecule has 1 atom stereocenters. The molecular weight excluding hydrogens is 318 g/mol. The number of aromatic nitrogens is 2. The maximum atomic E-state index is 11.9. The quantitative estimate of drug-likeness (QED) is 0.891. The first kappa shape index (κ1) is 15.5. The zero-order valence-corrected chi connectivity index (χ0v) is 13.8. The number of carbonyl (C=O) groups excluding carboxylic acids is 1. The number of methoxy groups -OCH3 is 2. The second-order valence-electron chi connectivity index (χ2n) is 5.09. The van der Waals surface area contributed by atoms with Gasteiger partial charge in [0.15, 0.2) is 11.5 Å². The highest BCUT2D eigenvalue weighted by Crippen LogP contribution is 2.46. The number of carbonyl (C=O) groups is 1. The lowest BCUT2D eigenvalue weighted by molar-refractivity contribution is -0.113. The third-order valence-corrected chi connectivity index (χ3v) is 4.98. The Balaban J connectivity index is 2.12. The summed E-state index contributed by atoms with van der Waals surface area (Å²) >= 11 is 1.49. The van der Waals surface area contributed by atoms with Gasteiger partial charge in [0.25, 0.3) is 0 Å². The highest BCUT2D eigenvalue weighted by molar-refractivity contribution is 8.00. The summed E-state index contributed by atoms with van der Waals surface area (Å²) in [6.07, 6.45) is 1.74. The Bertz CT molecular complexity index is 734. The van der Waals surface area contributed by atoms with E-state index >= 15 is 0 Å². The second kappa shape index (κ2) is 6.04. The van der Waals surface area contributed by atoms with Gasteiger partial charge in [-0.15, -0.1) is 11.8 Å². The standard InChI is InChI=1S/C15H17N3O4S/c1-18-15-9(6-16-18)14(23-7-12(19)17-15)8-4-10(21-2)13(20)11(5-8)22-3/h4-6,14,20H,7H2,1-3H3,(H,17,19)/t14-/m0/s1. The van der Waals surface area contributed by atoms with Crippen molar-refractivity contribution in [2.75, 3.05) is 25.3 Å². The molecule has 3 rings (SSSR count). The van der Waals surface area contributed by atoms with E-state index in [0.717, 1.165) is 11.1 Å². The van der Waals surface area contributed by atoms with E-state index in [1.54, 1.807) is 30.1 Å². The number of hydrogen-bond donors (Lipinski definition) is 2. The number of nitrogens with one attached hydrogen (secondary N) is 1. The molecule has 0 unspecified atom stereocenters. The first-order valence-electron chi connectivity index (χ1n) is 6.93. The second-order valence-corrected chi connectivity index (χ2v) is 6.18. The molecule has 122 valence electrons. The molecule has 1 amide bonds. The number of fused-ring (bicyclic) bond motifs is 1. The molecular formula is C15H17N3O4S. The van der Waals surface area contributed by atoms with Crippen LogP contribution in [0.4, 0.5) is 5.82 Å². The number of hydrogen-bond acceptors (Lipinski definition) is 6. The van der Waals surface area contributed by atoms with Gasteiger partial charge in [0.2, 0.25) is 11.7 Å². The van der Waals surface area contributed by atoms with Crippen LogP contribution in [0.3, 0.4) is 0 Å². The Morgan fingerprint density at radius 3 is 2.61 bits per heavy atom. The van der Waals surface area contributed by atoms with Crippen molar-refractivity contribution in [1.82, 2.24) is 9.78 Å². The summed E-state index contributed by atoms with van der Waals surface area (Å²) in [6, 6.07) is 3.50. The van der Waals surface area contributed by atoms with Gasteiger partial charge in [-0.2, -0.15) is 5.10 Å². The summed E-state index contributed by atoms with van der Waals surface area (Å²) in [5, 5.41) is 17.0. The fraction of sp³-hybridized carbons (Fsp3) is 0.333. The van der Waals surface area contributed by atoms with Crippen LogP contribution in [0.2, 0.25) is 0 Å². The van der Waals surface area contributed by atoms with Gasteiger partial charge in [-0.1, -0.05) is 0 Å². The number of amides is 1. The van der Waals surface area contributed by atoms with E-state index in [4.69, 9.17) is 9.47 Å². The van der Waals surface area contributed by atoms with Crippen LogP contribution in [-0.4, -0.2) is 40.8 Å². The largest absolute Gasteiger partial charge is 0.502 e. The fourth-order valence-electron chi connectivity index (χ4n) is 2.56. The highest BCUT2D eigenvalue weighted by Gasteiger charge is 2.28. The minimum Gasteiger partial charge on any atom is -0.502 e. The summed E-state index contributed by atoms with van der Waals surface area (Å²) in [5.74, 6) is 1.54. The Morgan fingerprint density at radius 2 is 2.00 bits per heavy atom. The van der Waals surface area contributed by atoms with Crippen molar-refractivity contribution in [2.45, 2.75) is 5.25 Å². The molecule has 0 bridgehead atoms. The number of benzene rings is 1. The summed E-state index contributed by atoms with van der Waals surface area (Å²) < 4.78 is 12.1. The molecule has 2 N–H and O–H groups in total. The Hall–Kier alpha value is -2.35. The van der Waals surface area contributed by atoms with Crippen molar-refractivity contribution >= 4 is 23.5 Å². The van der Waals surface area contributed by atoms with Crippen LogP contribution in [0.25, 0.3) is 0 Å². The van der Waals surface area contributed by atoms with Gasteiger partial charge in [0, 0.05) is 12.6 Å². The van der Waals surface area contributed by atoms with Crippen LogP contribution < -0.4 is 14.8 Å². The molecule has 0 fully saturated rings. The van der Waals surface area contributed by atoms with Gasteiger partial charge in [0.05, 0.1) is 31.4 Å². The maximum Gasteiger partial charge on any atom is 0.235 e. The van der Waals surface area contributed by atoms with Gasteiger partial charge in [-0.05, 0) is 17.7 Å². The lowest BCUT2D eigenvalue weighted by atomic mass is 10.0. The zero-order valence-electron chi connectivity index (χ0n) is 13.0. The van der Waals surface area contributed by atoms with E-state index in [-0.39, 0.29) is 16.9 Å². The van der Waals surface area contributed by atoms with Gasteiger partial charge in [-0.3, -0.25) is 9.48 Å². The summed E-state index contributed by atoms with van der Waals surface area (Å²) in [6.45, 7) is 0. The number of phenols is 1. The predicted molar refractivity (Wildman–Crippen MR) is 87.3 cm³/mol. The smallest absolute Gasteiger partial charge is 0.235 e. The summed E-state index contributed by atoms with van der Waals surface area (Å²) in [4.78, 5) is 11.9. The van der Waals surface area contributed by atoms with E-state index in [2.05, 4.69) is 10.4 Å². The molecule has 2 aromatic rings. The van der Waals surface area contributed by atoms with Crippen molar-refractivity contribution in [3.8, 4) is 17.2 Å². The number of rotatable bonds is 3. The summed E-state index contributed by atoms with van der Waals surface area (Å²) in [5.41, 5.74) is 1.77. The molecule has 1 aliphatic rings. The lowest BCUT2D eigenvalue weighted by Crippen LogP contribution is -2.15. The number of phenolic OH excluding ortho intramolecular Hbond substituents is 1. The average molecular weight is 335 g/mol. The van der Waals surface area contributed by atoms with Gasteiger partial charge in [0.1, 0.15) is 5.82 Å². The topological polar surface area (TPSA) is 85.6 Å². The van der Waals surface area contributed by atoms with Crippen LogP contribution in [0.1, 0.15) is 16.4 Å². The van der Waals surface area contributed by atoms with Crippen LogP contribution in [0.5, 0.6) is 17.2 Å². The van der Waals surface area contributed by atoms with Crippen molar-refractivity contribution in [1.29, 1.82) is 0 Å². The Morgan fingerprint density at radius 1 is 1.35 bits per heavy atom. The number of ether oxygens (including phenoxy) is 2.